The Kier molecular flexibility index (Phi) is 8.23. The lowest BCUT2D eigenvalue weighted by atomic mass is 10.2. The van der Waals surface area contributed by atoms with E-state index in [0.29, 0.717) is 22.2 Å². The van der Waals surface area contributed by atoms with Crippen LogP contribution in [0.25, 0.3) is 0 Å². The summed E-state index contributed by atoms with van der Waals surface area (Å²) < 4.78 is 15.8. The highest BCUT2D eigenvalue weighted by atomic mass is 31.2. The Balaban J connectivity index is 1.56. The molecular weight excluding hydrogens is 583 g/mol. The van der Waals surface area contributed by atoms with Gasteiger partial charge in [0, 0.05) is 39.4 Å². The molecule has 0 radical (unpaired) electrons. The van der Waals surface area contributed by atoms with E-state index in [0.717, 1.165) is 22.7 Å². The molecule has 0 spiro atoms. The first kappa shape index (κ1) is 29.0. The lowest BCUT2D eigenvalue weighted by molar-refractivity contribution is 0.591. The summed E-state index contributed by atoms with van der Waals surface area (Å²) in [5.41, 5.74) is 3.94. The van der Waals surface area contributed by atoms with Gasteiger partial charge in [-0.2, -0.15) is 0 Å². The second-order valence-electron chi connectivity index (χ2n) is 10.7. The zero-order valence-electron chi connectivity index (χ0n) is 25.0. The van der Waals surface area contributed by atoms with Gasteiger partial charge in [-0.3, -0.25) is 9.80 Å². The molecule has 0 saturated carbocycles. The lowest BCUT2D eigenvalue weighted by Crippen LogP contribution is -2.31. The van der Waals surface area contributed by atoms with E-state index in [1.807, 2.05) is 140 Å². The predicted octanol–water partition coefficient (Wildman–Crippen LogP) is 9.06. The van der Waals surface area contributed by atoms with Crippen molar-refractivity contribution in [3.05, 3.63) is 188 Å². The van der Waals surface area contributed by atoms with Gasteiger partial charge in [0.1, 0.15) is 11.6 Å². The molecule has 0 fully saturated rings. The van der Waals surface area contributed by atoms with Gasteiger partial charge < -0.3 is 4.57 Å². The molecule has 6 heteroatoms. The summed E-state index contributed by atoms with van der Waals surface area (Å²) in [5, 5.41) is 1.34. The maximum atomic E-state index is 15.8. The van der Waals surface area contributed by atoms with Crippen LogP contribution in [-0.2, 0) is 4.57 Å². The van der Waals surface area contributed by atoms with Gasteiger partial charge in [0.15, 0.2) is 0 Å². The van der Waals surface area contributed by atoms with Crippen molar-refractivity contribution >= 4 is 57.7 Å². The summed E-state index contributed by atoms with van der Waals surface area (Å²) in [6.07, 6.45) is 0. The minimum Gasteiger partial charge on any atom is -0.305 e. The second kappa shape index (κ2) is 13.1. The molecule has 0 amide bonds. The third kappa shape index (κ3) is 5.72. The average molecular weight is 615 g/mol. The number of rotatable bonds is 9. The molecule has 1 heterocycles. The summed E-state index contributed by atoms with van der Waals surface area (Å²) in [5.74, 6) is 1.20. The summed E-state index contributed by atoms with van der Waals surface area (Å²) in [6, 6.07) is 61.5. The maximum Gasteiger partial charge on any atom is 0.206 e. The van der Waals surface area contributed by atoms with Crippen LogP contribution in [0.3, 0.4) is 0 Å². The number of aromatic nitrogens is 2. The third-order valence-corrected chi connectivity index (χ3v) is 10.5. The van der Waals surface area contributed by atoms with E-state index in [9.17, 15) is 0 Å². The topological polar surface area (TPSA) is 49.3 Å². The highest BCUT2D eigenvalue weighted by molar-refractivity contribution is 7.85. The standard InChI is InChI=1S/C40H31N4OP/c45-46(36-27-15-5-16-28-36,37-29-17-6-18-30-37)40-41-38(43(32-19-7-1-8-20-32)33-21-9-2-10-22-33)31-39(42-40)44(34-23-11-3-12-24-34)35-25-13-4-14-26-35/h1-31H. The van der Waals surface area contributed by atoms with Crippen LogP contribution >= 0.6 is 7.14 Å². The second-order valence-corrected chi connectivity index (χ2v) is 13.3. The molecule has 7 aromatic rings. The number of benzene rings is 6. The van der Waals surface area contributed by atoms with Crippen molar-refractivity contribution in [1.82, 2.24) is 9.97 Å². The van der Waals surface area contributed by atoms with Crippen LogP contribution in [0.2, 0.25) is 0 Å². The van der Waals surface area contributed by atoms with Crippen molar-refractivity contribution in [3.63, 3.8) is 0 Å². The number of hydrogen-bond acceptors (Lipinski definition) is 5. The molecule has 0 atom stereocenters. The van der Waals surface area contributed by atoms with E-state index in [1.165, 1.54) is 0 Å². The van der Waals surface area contributed by atoms with Crippen LogP contribution in [0.4, 0.5) is 34.4 Å². The molecule has 0 saturated heterocycles. The van der Waals surface area contributed by atoms with E-state index in [-0.39, 0.29) is 5.57 Å². The fraction of sp³-hybridized carbons (Fsp3) is 0. The van der Waals surface area contributed by atoms with E-state index in [2.05, 4.69) is 58.3 Å². The summed E-state index contributed by atoms with van der Waals surface area (Å²) in [6.45, 7) is 0. The summed E-state index contributed by atoms with van der Waals surface area (Å²) in [4.78, 5) is 14.6. The zero-order chi connectivity index (χ0) is 31.2. The van der Waals surface area contributed by atoms with Crippen molar-refractivity contribution in [2.24, 2.45) is 0 Å². The Morgan fingerprint density at radius 2 is 0.630 bits per heavy atom. The van der Waals surface area contributed by atoms with Crippen molar-refractivity contribution in [1.29, 1.82) is 0 Å². The first-order chi connectivity index (χ1) is 22.7. The van der Waals surface area contributed by atoms with Gasteiger partial charge in [0.25, 0.3) is 0 Å². The molecule has 222 valence electrons. The van der Waals surface area contributed by atoms with Crippen LogP contribution in [-0.4, -0.2) is 9.97 Å². The first-order valence-electron chi connectivity index (χ1n) is 15.1. The van der Waals surface area contributed by atoms with Gasteiger partial charge >= 0.3 is 0 Å². The van der Waals surface area contributed by atoms with Crippen molar-refractivity contribution in [2.45, 2.75) is 0 Å². The number of hydrogen-bond donors (Lipinski definition) is 0. The molecule has 0 N–H and O–H groups in total. The Bertz CT molecular complexity index is 1840. The summed E-state index contributed by atoms with van der Waals surface area (Å²) >= 11 is 0. The molecular formula is C40H31N4OP. The average Bonchev–Trinajstić information content (AvgIpc) is 3.14. The molecule has 1 aromatic heterocycles. The molecule has 46 heavy (non-hydrogen) atoms. The van der Waals surface area contributed by atoms with Crippen LogP contribution in [0.15, 0.2) is 188 Å². The van der Waals surface area contributed by atoms with Crippen LogP contribution < -0.4 is 26.0 Å². The molecule has 0 unspecified atom stereocenters. The minimum absolute atomic E-state index is 0.256. The normalized spacial score (nSPS) is 11.1. The van der Waals surface area contributed by atoms with Crippen molar-refractivity contribution < 1.29 is 4.57 Å². The Morgan fingerprint density at radius 1 is 0.370 bits per heavy atom. The molecule has 0 bridgehead atoms. The van der Waals surface area contributed by atoms with Gasteiger partial charge in [-0.25, -0.2) is 9.97 Å². The SMILES string of the molecule is O=P(c1ccccc1)(c1ccccc1)c1nc(N(c2ccccc2)c2ccccc2)cc(N(c2ccccc2)c2ccccc2)n1. The van der Waals surface area contributed by atoms with Crippen molar-refractivity contribution in [3.8, 4) is 0 Å². The van der Waals surface area contributed by atoms with Crippen LogP contribution in [0, 0.1) is 0 Å². The maximum absolute atomic E-state index is 15.8. The van der Waals surface area contributed by atoms with E-state index < -0.39 is 7.14 Å². The molecule has 0 aliphatic rings. The lowest BCUT2D eigenvalue weighted by Gasteiger charge is -2.29. The Labute approximate surface area is 269 Å². The van der Waals surface area contributed by atoms with Gasteiger partial charge in [-0.1, -0.05) is 133 Å². The van der Waals surface area contributed by atoms with Gasteiger partial charge in [-0.15, -0.1) is 0 Å². The Morgan fingerprint density at radius 3 is 0.913 bits per heavy atom. The fourth-order valence-electron chi connectivity index (χ4n) is 5.57. The van der Waals surface area contributed by atoms with Crippen LogP contribution in [0.5, 0.6) is 0 Å². The number of nitrogens with zero attached hydrogens (tertiary/aromatic N) is 4. The molecule has 0 aliphatic carbocycles. The van der Waals surface area contributed by atoms with Crippen LogP contribution in [0.1, 0.15) is 0 Å². The first-order valence-corrected chi connectivity index (χ1v) is 16.8. The van der Waals surface area contributed by atoms with Gasteiger partial charge in [-0.05, 0) is 48.5 Å². The van der Waals surface area contributed by atoms with E-state index in [1.54, 1.807) is 0 Å². The largest absolute Gasteiger partial charge is 0.305 e. The highest BCUT2D eigenvalue weighted by Gasteiger charge is 2.35. The quantitative estimate of drug-likeness (QED) is 0.152. The monoisotopic (exact) mass is 614 g/mol. The number of anilines is 6. The molecule has 7 rings (SSSR count). The van der Waals surface area contributed by atoms with Gasteiger partial charge in [0.2, 0.25) is 12.7 Å². The third-order valence-electron chi connectivity index (χ3n) is 7.72. The van der Waals surface area contributed by atoms with Crippen molar-refractivity contribution in [2.75, 3.05) is 9.80 Å². The predicted molar refractivity (Wildman–Crippen MR) is 191 cm³/mol. The van der Waals surface area contributed by atoms with E-state index >= 15 is 4.57 Å². The summed E-state index contributed by atoms with van der Waals surface area (Å²) in [7, 11) is -3.55. The minimum atomic E-state index is -3.55. The molecule has 6 aromatic carbocycles. The smallest absolute Gasteiger partial charge is 0.206 e. The number of para-hydroxylation sites is 4. The Hall–Kier alpha value is -5.77. The highest BCUT2D eigenvalue weighted by Crippen LogP contribution is 2.44. The molecule has 5 nitrogen and oxygen atoms in total. The fourth-order valence-corrected chi connectivity index (χ4v) is 8.00. The molecule has 0 aliphatic heterocycles. The van der Waals surface area contributed by atoms with Gasteiger partial charge in [0.05, 0.1) is 0 Å². The van der Waals surface area contributed by atoms with E-state index in [4.69, 9.17) is 9.97 Å². The zero-order valence-corrected chi connectivity index (χ0v) is 25.9.